The minimum absolute atomic E-state index is 0.113. The first-order chi connectivity index (χ1) is 15.2. The fourth-order valence-corrected chi connectivity index (χ4v) is 5.20. The van der Waals surface area contributed by atoms with Crippen LogP contribution in [0.25, 0.3) is 10.2 Å². The Morgan fingerprint density at radius 1 is 1.16 bits per heavy atom. The van der Waals surface area contributed by atoms with Gasteiger partial charge in [-0.15, -0.1) is 0 Å². The zero-order valence-electron chi connectivity index (χ0n) is 17.5. The van der Waals surface area contributed by atoms with Crippen molar-refractivity contribution in [2.24, 2.45) is 4.99 Å². The van der Waals surface area contributed by atoms with E-state index in [-0.39, 0.29) is 28.6 Å². The maximum absolute atomic E-state index is 12.8. The molecule has 11 heteroatoms. The molecule has 0 saturated carbocycles. The van der Waals surface area contributed by atoms with Gasteiger partial charge in [-0.3, -0.25) is 9.59 Å². The molecule has 1 aromatic heterocycles. The quantitative estimate of drug-likeness (QED) is 0.520. The zero-order chi connectivity index (χ0) is 23.0. The maximum Gasteiger partial charge on any atom is 0.325 e. The van der Waals surface area contributed by atoms with Gasteiger partial charge >= 0.3 is 5.97 Å². The molecule has 3 aromatic rings. The second kappa shape index (κ2) is 8.40. The number of fused-ring (bicyclic) bond motifs is 2. The van der Waals surface area contributed by atoms with Crippen molar-refractivity contribution < 1.29 is 32.2 Å². The number of ether oxygens (including phenoxy) is 3. The number of aromatic nitrogens is 1. The molecule has 0 bridgehead atoms. The SMILES string of the molecule is COC(=O)Cn1c(=NC(=O)c2ccc(S(=O)(=O)C(C)C)cc2)sc2cc3c(cc21)OCO3. The number of nitrogens with zero attached hydrogens (tertiary/aromatic N) is 2. The van der Waals surface area contributed by atoms with Gasteiger partial charge in [-0.05, 0) is 38.1 Å². The molecule has 4 rings (SSSR count). The van der Waals surface area contributed by atoms with E-state index in [1.165, 1.54) is 42.7 Å². The van der Waals surface area contributed by atoms with Crippen LogP contribution in [0.4, 0.5) is 0 Å². The summed E-state index contributed by atoms with van der Waals surface area (Å²) in [6.45, 7) is 3.16. The Kier molecular flexibility index (Phi) is 5.78. The second-order valence-corrected chi connectivity index (χ2v) is 10.8. The van der Waals surface area contributed by atoms with E-state index in [1.54, 1.807) is 30.5 Å². The Morgan fingerprint density at radius 3 is 2.44 bits per heavy atom. The first-order valence-electron chi connectivity index (χ1n) is 9.63. The molecule has 1 aliphatic rings. The largest absolute Gasteiger partial charge is 0.468 e. The number of hydrogen-bond acceptors (Lipinski definition) is 8. The van der Waals surface area contributed by atoms with Crippen molar-refractivity contribution in [1.29, 1.82) is 0 Å². The average molecular weight is 477 g/mol. The lowest BCUT2D eigenvalue weighted by Gasteiger charge is -2.07. The van der Waals surface area contributed by atoms with Gasteiger partial charge in [-0.1, -0.05) is 11.3 Å². The van der Waals surface area contributed by atoms with Crippen molar-refractivity contribution in [3.8, 4) is 11.5 Å². The number of carbonyl (C=O) groups excluding carboxylic acids is 2. The summed E-state index contributed by atoms with van der Waals surface area (Å²) in [7, 11) is -2.16. The Bertz CT molecular complexity index is 1380. The minimum atomic E-state index is -3.44. The molecule has 0 radical (unpaired) electrons. The van der Waals surface area contributed by atoms with E-state index in [4.69, 9.17) is 14.2 Å². The number of methoxy groups -OCH3 is 1. The van der Waals surface area contributed by atoms with Crippen LogP contribution in [0.1, 0.15) is 24.2 Å². The highest BCUT2D eigenvalue weighted by Gasteiger charge is 2.21. The Labute approximate surface area is 187 Å². The molecule has 0 fully saturated rings. The fourth-order valence-electron chi connectivity index (χ4n) is 3.10. The van der Waals surface area contributed by atoms with Crippen molar-refractivity contribution in [3.63, 3.8) is 0 Å². The topological polar surface area (TPSA) is 113 Å². The first-order valence-corrected chi connectivity index (χ1v) is 12.0. The molecule has 0 saturated heterocycles. The zero-order valence-corrected chi connectivity index (χ0v) is 19.2. The maximum atomic E-state index is 12.8. The van der Waals surface area contributed by atoms with Crippen LogP contribution in [-0.4, -0.2) is 44.0 Å². The molecule has 2 heterocycles. The minimum Gasteiger partial charge on any atom is -0.468 e. The van der Waals surface area contributed by atoms with Crippen LogP contribution in [-0.2, 0) is 25.9 Å². The summed E-state index contributed by atoms with van der Waals surface area (Å²) in [4.78, 5) is 29.4. The van der Waals surface area contributed by atoms with Crippen molar-refractivity contribution in [1.82, 2.24) is 4.57 Å². The van der Waals surface area contributed by atoms with Gasteiger partial charge in [0.15, 0.2) is 26.1 Å². The summed E-state index contributed by atoms with van der Waals surface area (Å²) in [5.41, 5.74) is 0.874. The van der Waals surface area contributed by atoms with E-state index in [0.717, 1.165) is 4.70 Å². The summed E-state index contributed by atoms with van der Waals surface area (Å²) >= 11 is 1.21. The predicted molar refractivity (Wildman–Crippen MR) is 117 cm³/mol. The van der Waals surface area contributed by atoms with Crippen molar-refractivity contribution >= 4 is 43.3 Å². The Hall–Kier alpha value is -3.18. The summed E-state index contributed by atoms with van der Waals surface area (Å²) in [5, 5.41) is -0.570. The summed E-state index contributed by atoms with van der Waals surface area (Å²) in [6.07, 6.45) is 0. The van der Waals surface area contributed by atoms with Crippen LogP contribution < -0.4 is 14.3 Å². The third-order valence-corrected chi connectivity index (χ3v) is 8.15. The number of thiazole rings is 1. The van der Waals surface area contributed by atoms with Gasteiger partial charge in [-0.25, -0.2) is 8.42 Å². The highest BCUT2D eigenvalue weighted by atomic mass is 32.2. The van der Waals surface area contributed by atoms with Gasteiger partial charge < -0.3 is 18.8 Å². The Morgan fingerprint density at radius 2 is 1.81 bits per heavy atom. The average Bonchev–Trinajstić information content (AvgIpc) is 3.35. The predicted octanol–water partition coefficient (Wildman–Crippen LogP) is 2.53. The van der Waals surface area contributed by atoms with E-state index < -0.39 is 27.0 Å². The smallest absolute Gasteiger partial charge is 0.325 e. The fraction of sp³-hybridized carbons (Fsp3) is 0.286. The van der Waals surface area contributed by atoms with Crippen LogP contribution >= 0.6 is 11.3 Å². The van der Waals surface area contributed by atoms with Gasteiger partial charge in [0, 0.05) is 17.7 Å². The molecule has 0 N–H and O–H groups in total. The van der Waals surface area contributed by atoms with Crippen molar-refractivity contribution in [2.45, 2.75) is 30.5 Å². The lowest BCUT2D eigenvalue weighted by atomic mass is 10.2. The number of rotatable bonds is 5. The van der Waals surface area contributed by atoms with E-state index in [2.05, 4.69) is 4.99 Å². The summed E-state index contributed by atoms with van der Waals surface area (Å²) < 4.78 is 42.5. The van der Waals surface area contributed by atoms with Gasteiger partial charge in [0.25, 0.3) is 5.91 Å². The molecule has 0 atom stereocenters. The van der Waals surface area contributed by atoms with Crippen LogP contribution in [0, 0.1) is 0 Å². The third-order valence-electron chi connectivity index (χ3n) is 4.94. The van der Waals surface area contributed by atoms with Crippen LogP contribution in [0.3, 0.4) is 0 Å². The molecule has 1 amide bonds. The highest BCUT2D eigenvalue weighted by molar-refractivity contribution is 7.92. The molecule has 0 unspecified atom stereocenters. The molecular formula is C21H20N2O7S2. The standard InChI is InChI=1S/C21H20N2O7S2/c1-12(2)32(26,27)14-6-4-13(5-7-14)20(25)22-21-23(10-19(24)28-3)15-8-16-17(30-11-29-16)9-18(15)31-21/h4-9,12H,10-11H2,1-3H3. The number of benzene rings is 2. The van der Waals surface area contributed by atoms with Crippen molar-refractivity contribution in [2.75, 3.05) is 13.9 Å². The number of amides is 1. The number of carbonyl (C=O) groups is 2. The molecule has 2 aromatic carbocycles. The van der Waals surface area contributed by atoms with Gasteiger partial charge in [0.05, 0.1) is 27.5 Å². The molecule has 0 spiro atoms. The number of hydrogen-bond donors (Lipinski definition) is 0. The van der Waals surface area contributed by atoms with Crippen LogP contribution in [0.2, 0.25) is 0 Å². The highest BCUT2D eigenvalue weighted by Crippen LogP contribution is 2.37. The molecule has 32 heavy (non-hydrogen) atoms. The Balaban J connectivity index is 1.76. The van der Waals surface area contributed by atoms with Gasteiger partial charge in [0.1, 0.15) is 6.54 Å². The third kappa shape index (κ3) is 4.00. The lowest BCUT2D eigenvalue weighted by molar-refractivity contribution is -0.141. The van der Waals surface area contributed by atoms with Gasteiger partial charge in [0.2, 0.25) is 6.79 Å². The monoisotopic (exact) mass is 476 g/mol. The van der Waals surface area contributed by atoms with Crippen molar-refractivity contribution in [3.05, 3.63) is 46.8 Å². The van der Waals surface area contributed by atoms with E-state index >= 15 is 0 Å². The molecule has 1 aliphatic heterocycles. The molecule has 168 valence electrons. The molecular weight excluding hydrogens is 456 g/mol. The van der Waals surface area contributed by atoms with E-state index in [1.807, 2.05) is 0 Å². The molecule has 9 nitrogen and oxygen atoms in total. The number of sulfone groups is 1. The van der Waals surface area contributed by atoms with E-state index in [0.29, 0.717) is 17.0 Å². The number of esters is 1. The summed E-state index contributed by atoms with van der Waals surface area (Å²) in [6, 6.07) is 9.14. The summed E-state index contributed by atoms with van der Waals surface area (Å²) in [5.74, 6) is 0.0424. The molecule has 0 aliphatic carbocycles. The lowest BCUT2D eigenvalue weighted by Crippen LogP contribution is -2.22. The first kappa shape index (κ1) is 22.0. The van der Waals surface area contributed by atoms with Gasteiger partial charge in [-0.2, -0.15) is 4.99 Å². The normalized spacial score (nSPS) is 13.7. The van der Waals surface area contributed by atoms with Crippen LogP contribution in [0.5, 0.6) is 11.5 Å². The van der Waals surface area contributed by atoms with E-state index in [9.17, 15) is 18.0 Å². The second-order valence-electron chi connectivity index (χ2n) is 7.26. The van der Waals surface area contributed by atoms with Crippen LogP contribution in [0.15, 0.2) is 46.3 Å².